The van der Waals surface area contributed by atoms with Crippen molar-refractivity contribution in [3.8, 4) is 0 Å². The largest absolute Gasteiger partial charge is 0.354 e. The predicted octanol–water partition coefficient (Wildman–Crippen LogP) is 2.40. The fourth-order valence-electron chi connectivity index (χ4n) is 1.89. The van der Waals surface area contributed by atoms with Crippen molar-refractivity contribution >= 4 is 56.6 Å². The second-order valence-corrected chi connectivity index (χ2v) is 3.82. The number of aliphatic imine (C=N–C) groups is 1. The molecule has 3 N–H and O–H groups in total. The lowest BCUT2D eigenvalue weighted by atomic mass is 10.1. The third-order valence-corrected chi connectivity index (χ3v) is 2.77. The van der Waals surface area contributed by atoms with E-state index >= 15 is 0 Å². The molecule has 0 spiro atoms. The number of fused-ring (bicyclic) bond motifs is 1. The molecule has 0 amide bonds. The Hall–Kier alpha value is -1.08. The third-order valence-electron chi connectivity index (χ3n) is 2.77. The van der Waals surface area contributed by atoms with Crippen LogP contribution in [0.1, 0.15) is 5.56 Å². The molecular formula is C11H15Br2N5. The molecule has 0 unspecified atom stereocenters. The lowest BCUT2D eigenvalue weighted by Gasteiger charge is -2.09. The molecule has 0 bridgehead atoms. The minimum Gasteiger partial charge on any atom is -0.354 e. The van der Waals surface area contributed by atoms with E-state index in [1.165, 1.54) is 0 Å². The molecule has 0 aliphatic carbocycles. The van der Waals surface area contributed by atoms with Gasteiger partial charge in [-0.1, -0.05) is 0 Å². The maximum atomic E-state index is 4.31. The SMILES string of the molecule is Br.Br.Cc1c(NC2=NCCN2)ccc2[nH]cnc12. The third kappa shape index (κ3) is 2.67. The molecule has 0 radical (unpaired) electrons. The van der Waals surface area contributed by atoms with Crippen molar-refractivity contribution in [1.29, 1.82) is 0 Å². The molecule has 2 aromatic rings. The van der Waals surface area contributed by atoms with Crippen molar-refractivity contribution in [2.75, 3.05) is 18.4 Å². The normalized spacial score (nSPS) is 13.3. The molecule has 0 saturated carbocycles. The van der Waals surface area contributed by atoms with E-state index < -0.39 is 0 Å². The van der Waals surface area contributed by atoms with Gasteiger partial charge in [-0.3, -0.25) is 4.99 Å². The minimum absolute atomic E-state index is 0. The molecule has 5 nitrogen and oxygen atoms in total. The number of H-pyrrole nitrogens is 1. The molecule has 1 aliphatic heterocycles. The molecule has 98 valence electrons. The van der Waals surface area contributed by atoms with Crippen LogP contribution in [0.15, 0.2) is 23.5 Å². The van der Waals surface area contributed by atoms with Crippen LogP contribution in [-0.4, -0.2) is 29.0 Å². The number of imidazole rings is 1. The van der Waals surface area contributed by atoms with Crippen LogP contribution in [0.25, 0.3) is 11.0 Å². The second kappa shape index (κ2) is 6.19. The molecule has 0 saturated heterocycles. The van der Waals surface area contributed by atoms with E-state index in [0.29, 0.717) is 0 Å². The van der Waals surface area contributed by atoms with E-state index in [4.69, 9.17) is 0 Å². The van der Waals surface area contributed by atoms with Gasteiger partial charge in [-0.25, -0.2) is 4.98 Å². The zero-order valence-corrected chi connectivity index (χ0v) is 13.3. The Balaban J connectivity index is 0.000000810. The summed E-state index contributed by atoms with van der Waals surface area (Å²) in [4.78, 5) is 11.7. The quantitative estimate of drug-likeness (QED) is 0.715. The highest BCUT2D eigenvalue weighted by Gasteiger charge is 2.09. The van der Waals surface area contributed by atoms with Gasteiger partial charge in [0.05, 0.1) is 23.9 Å². The van der Waals surface area contributed by atoms with E-state index in [-0.39, 0.29) is 34.0 Å². The number of aromatic nitrogens is 2. The molecule has 0 atom stereocenters. The number of halogens is 2. The number of guanidine groups is 1. The van der Waals surface area contributed by atoms with Crippen molar-refractivity contribution in [2.45, 2.75) is 6.92 Å². The summed E-state index contributed by atoms with van der Waals surface area (Å²) >= 11 is 0. The van der Waals surface area contributed by atoms with E-state index in [1.54, 1.807) is 6.33 Å². The van der Waals surface area contributed by atoms with Crippen molar-refractivity contribution in [2.24, 2.45) is 4.99 Å². The first-order valence-electron chi connectivity index (χ1n) is 5.32. The lowest BCUT2D eigenvalue weighted by molar-refractivity contribution is 0.959. The van der Waals surface area contributed by atoms with Crippen LogP contribution in [0.2, 0.25) is 0 Å². The molecule has 3 rings (SSSR count). The first-order chi connectivity index (χ1) is 7.84. The van der Waals surface area contributed by atoms with Crippen LogP contribution < -0.4 is 10.6 Å². The van der Waals surface area contributed by atoms with Crippen LogP contribution >= 0.6 is 34.0 Å². The number of nitrogens with one attached hydrogen (secondary N) is 3. The summed E-state index contributed by atoms with van der Waals surface area (Å²) in [5.41, 5.74) is 4.25. The lowest BCUT2D eigenvalue weighted by Crippen LogP contribution is -2.26. The van der Waals surface area contributed by atoms with Crippen molar-refractivity contribution in [1.82, 2.24) is 15.3 Å². The molecular weight excluding hydrogens is 362 g/mol. The average Bonchev–Trinajstić information content (AvgIpc) is 2.93. The van der Waals surface area contributed by atoms with Crippen LogP contribution in [0.5, 0.6) is 0 Å². The Labute approximate surface area is 126 Å². The Morgan fingerprint density at radius 3 is 2.83 bits per heavy atom. The van der Waals surface area contributed by atoms with Crippen LogP contribution in [-0.2, 0) is 0 Å². The number of aryl methyl sites for hydroxylation is 1. The molecule has 1 aliphatic rings. The minimum atomic E-state index is 0. The fourth-order valence-corrected chi connectivity index (χ4v) is 1.89. The summed E-state index contributed by atoms with van der Waals surface area (Å²) in [7, 11) is 0. The van der Waals surface area contributed by atoms with Crippen molar-refractivity contribution < 1.29 is 0 Å². The number of hydrogen-bond acceptors (Lipinski definition) is 4. The molecule has 1 aromatic carbocycles. The fraction of sp³-hybridized carbons (Fsp3) is 0.273. The number of aromatic amines is 1. The number of benzene rings is 1. The maximum absolute atomic E-state index is 4.31. The Morgan fingerprint density at radius 1 is 1.28 bits per heavy atom. The highest BCUT2D eigenvalue weighted by molar-refractivity contribution is 8.93. The van der Waals surface area contributed by atoms with E-state index in [2.05, 4.69) is 32.5 Å². The molecule has 0 fully saturated rings. The van der Waals surface area contributed by atoms with Crippen LogP contribution in [0.4, 0.5) is 5.69 Å². The summed E-state index contributed by atoms with van der Waals surface area (Å²) in [6.45, 7) is 3.80. The van der Waals surface area contributed by atoms with Crippen molar-refractivity contribution in [3.63, 3.8) is 0 Å². The van der Waals surface area contributed by atoms with E-state index in [9.17, 15) is 0 Å². The van der Waals surface area contributed by atoms with Gasteiger partial charge in [0.1, 0.15) is 0 Å². The van der Waals surface area contributed by atoms with Gasteiger partial charge in [0.2, 0.25) is 0 Å². The van der Waals surface area contributed by atoms with Gasteiger partial charge >= 0.3 is 0 Å². The summed E-state index contributed by atoms with van der Waals surface area (Å²) in [5, 5.41) is 6.46. The first kappa shape index (κ1) is 15.0. The first-order valence-corrected chi connectivity index (χ1v) is 5.32. The van der Waals surface area contributed by atoms with Crippen molar-refractivity contribution in [3.05, 3.63) is 24.0 Å². The smallest absolute Gasteiger partial charge is 0.195 e. The zero-order valence-electron chi connectivity index (χ0n) is 9.86. The van der Waals surface area contributed by atoms with Gasteiger partial charge in [-0.15, -0.1) is 34.0 Å². The summed E-state index contributed by atoms with van der Waals surface area (Å²) in [5.74, 6) is 0.845. The topological polar surface area (TPSA) is 65.1 Å². The number of rotatable bonds is 1. The van der Waals surface area contributed by atoms with E-state index in [0.717, 1.165) is 41.3 Å². The molecule has 18 heavy (non-hydrogen) atoms. The van der Waals surface area contributed by atoms with Gasteiger partial charge in [-0.2, -0.15) is 0 Å². The number of nitrogens with zero attached hydrogens (tertiary/aromatic N) is 2. The van der Waals surface area contributed by atoms with Crippen LogP contribution in [0, 0.1) is 6.92 Å². The summed E-state index contributed by atoms with van der Waals surface area (Å²) in [6.07, 6.45) is 1.72. The molecule has 7 heteroatoms. The van der Waals surface area contributed by atoms with E-state index in [1.807, 2.05) is 12.1 Å². The predicted molar refractivity (Wildman–Crippen MR) is 85.4 cm³/mol. The summed E-state index contributed by atoms with van der Waals surface area (Å²) < 4.78 is 0. The second-order valence-electron chi connectivity index (χ2n) is 3.82. The Kier molecular flexibility index (Phi) is 5.15. The van der Waals surface area contributed by atoms with Gasteiger partial charge in [0, 0.05) is 17.8 Å². The standard InChI is InChI=1S/C11H13N5.2BrH/c1-7-8(16-11-12-4-5-13-11)2-3-9-10(7)15-6-14-9;;/h2-3,6H,4-5H2,1H3,(H,14,15)(H2,12,13,16);2*1H. The van der Waals surface area contributed by atoms with Gasteiger partial charge in [0.25, 0.3) is 0 Å². The monoisotopic (exact) mass is 375 g/mol. The highest BCUT2D eigenvalue weighted by Crippen LogP contribution is 2.22. The Morgan fingerprint density at radius 2 is 2.11 bits per heavy atom. The maximum Gasteiger partial charge on any atom is 0.195 e. The number of hydrogen-bond donors (Lipinski definition) is 3. The van der Waals surface area contributed by atoms with Crippen LogP contribution in [0.3, 0.4) is 0 Å². The number of anilines is 1. The average molecular weight is 377 g/mol. The summed E-state index contributed by atoms with van der Waals surface area (Å²) in [6, 6.07) is 4.06. The molecule has 2 heterocycles. The van der Waals surface area contributed by atoms with Gasteiger partial charge < -0.3 is 15.6 Å². The van der Waals surface area contributed by atoms with Gasteiger partial charge in [-0.05, 0) is 19.1 Å². The molecule has 1 aromatic heterocycles. The Bertz CT molecular complexity index is 564. The zero-order chi connectivity index (χ0) is 11.0. The highest BCUT2D eigenvalue weighted by atomic mass is 79.9. The van der Waals surface area contributed by atoms with Gasteiger partial charge in [0.15, 0.2) is 5.96 Å².